The van der Waals surface area contributed by atoms with Gasteiger partial charge in [0.2, 0.25) is 0 Å². The third-order valence-corrected chi connectivity index (χ3v) is 2.35. The summed E-state index contributed by atoms with van der Waals surface area (Å²) in [6, 6.07) is 7.61. The second-order valence-electron chi connectivity index (χ2n) is 4.42. The summed E-state index contributed by atoms with van der Waals surface area (Å²) in [5.41, 5.74) is 1.01. The van der Waals surface area contributed by atoms with Crippen LogP contribution in [0.25, 0.3) is 0 Å². The first kappa shape index (κ1) is 15.1. The van der Waals surface area contributed by atoms with Crippen molar-refractivity contribution in [2.24, 2.45) is 0 Å². The normalized spacial score (nSPS) is 9.68. The van der Waals surface area contributed by atoms with Gasteiger partial charge >= 0.3 is 0 Å². The SMILES string of the molecule is Cc1ccccc1OCC(=O)NCC#CCN(C)C. The van der Waals surface area contributed by atoms with Gasteiger partial charge in [-0.05, 0) is 32.6 Å². The number of amides is 1. The van der Waals surface area contributed by atoms with E-state index in [4.69, 9.17) is 4.74 Å². The van der Waals surface area contributed by atoms with Gasteiger partial charge in [0.1, 0.15) is 5.75 Å². The predicted octanol–water partition coefficient (Wildman–Crippen LogP) is 1.06. The maximum absolute atomic E-state index is 11.5. The average molecular weight is 260 g/mol. The van der Waals surface area contributed by atoms with Crippen LogP contribution in [0.4, 0.5) is 0 Å². The van der Waals surface area contributed by atoms with Gasteiger partial charge < -0.3 is 10.1 Å². The Morgan fingerprint density at radius 1 is 1.32 bits per heavy atom. The van der Waals surface area contributed by atoms with Gasteiger partial charge in [-0.25, -0.2) is 0 Å². The van der Waals surface area contributed by atoms with E-state index in [0.29, 0.717) is 13.1 Å². The van der Waals surface area contributed by atoms with Gasteiger partial charge in [-0.1, -0.05) is 30.0 Å². The second kappa shape index (κ2) is 8.17. The van der Waals surface area contributed by atoms with Gasteiger partial charge in [-0.2, -0.15) is 0 Å². The van der Waals surface area contributed by atoms with Gasteiger partial charge in [-0.3, -0.25) is 9.69 Å². The Bertz CT molecular complexity index is 473. The van der Waals surface area contributed by atoms with Crippen LogP contribution in [-0.4, -0.2) is 44.6 Å². The third kappa shape index (κ3) is 6.49. The molecule has 0 aromatic heterocycles. The summed E-state index contributed by atoms with van der Waals surface area (Å²) in [7, 11) is 3.90. The molecule has 0 aliphatic rings. The van der Waals surface area contributed by atoms with Crippen LogP contribution in [0.1, 0.15) is 5.56 Å². The van der Waals surface area contributed by atoms with Crippen molar-refractivity contribution in [3.8, 4) is 17.6 Å². The van der Waals surface area contributed by atoms with Crippen LogP contribution in [0.2, 0.25) is 0 Å². The third-order valence-electron chi connectivity index (χ3n) is 2.35. The number of para-hydroxylation sites is 1. The molecule has 0 atom stereocenters. The minimum atomic E-state index is -0.164. The first-order chi connectivity index (χ1) is 9.09. The van der Waals surface area contributed by atoms with E-state index in [1.165, 1.54) is 0 Å². The Kier molecular flexibility index (Phi) is 6.48. The molecule has 1 N–H and O–H groups in total. The molecule has 0 saturated heterocycles. The van der Waals surface area contributed by atoms with Gasteiger partial charge in [0.15, 0.2) is 6.61 Å². The molecular weight excluding hydrogens is 240 g/mol. The van der Waals surface area contributed by atoms with E-state index in [0.717, 1.165) is 11.3 Å². The topological polar surface area (TPSA) is 41.6 Å². The summed E-state index contributed by atoms with van der Waals surface area (Å²) in [6.45, 7) is 3.00. The molecule has 4 nitrogen and oxygen atoms in total. The number of carbonyl (C=O) groups is 1. The summed E-state index contributed by atoms with van der Waals surface area (Å²) >= 11 is 0. The number of rotatable bonds is 5. The van der Waals surface area contributed by atoms with Crippen LogP contribution in [0, 0.1) is 18.8 Å². The molecule has 0 fully saturated rings. The minimum absolute atomic E-state index is 0.0141. The van der Waals surface area contributed by atoms with Crippen molar-refractivity contribution in [2.75, 3.05) is 33.8 Å². The molecule has 1 rings (SSSR count). The lowest BCUT2D eigenvalue weighted by Gasteiger charge is -2.08. The molecule has 1 aromatic rings. The van der Waals surface area contributed by atoms with Crippen LogP contribution >= 0.6 is 0 Å². The van der Waals surface area contributed by atoms with Crippen molar-refractivity contribution < 1.29 is 9.53 Å². The number of hydrogen-bond acceptors (Lipinski definition) is 3. The fourth-order valence-electron chi connectivity index (χ4n) is 1.33. The van der Waals surface area contributed by atoms with E-state index >= 15 is 0 Å². The van der Waals surface area contributed by atoms with Crippen molar-refractivity contribution in [3.05, 3.63) is 29.8 Å². The van der Waals surface area contributed by atoms with Crippen molar-refractivity contribution in [2.45, 2.75) is 6.92 Å². The van der Waals surface area contributed by atoms with Gasteiger partial charge in [-0.15, -0.1) is 0 Å². The van der Waals surface area contributed by atoms with Crippen LogP contribution in [0.3, 0.4) is 0 Å². The number of nitrogens with zero attached hydrogens (tertiary/aromatic N) is 1. The maximum Gasteiger partial charge on any atom is 0.258 e. The fraction of sp³-hybridized carbons (Fsp3) is 0.400. The average Bonchev–Trinajstić information content (AvgIpc) is 2.37. The molecule has 19 heavy (non-hydrogen) atoms. The first-order valence-corrected chi connectivity index (χ1v) is 6.15. The van der Waals surface area contributed by atoms with Crippen molar-refractivity contribution in [3.63, 3.8) is 0 Å². The predicted molar refractivity (Wildman–Crippen MR) is 76.0 cm³/mol. The number of nitrogens with one attached hydrogen (secondary N) is 1. The molecule has 4 heteroatoms. The number of aryl methyl sites for hydroxylation is 1. The van der Waals surface area contributed by atoms with Crippen LogP contribution in [0.5, 0.6) is 5.75 Å². The van der Waals surface area contributed by atoms with E-state index in [9.17, 15) is 4.79 Å². The van der Waals surface area contributed by atoms with E-state index in [1.54, 1.807) is 0 Å². The minimum Gasteiger partial charge on any atom is -0.484 e. The van der Waals surface area contributed by atoms with Crippen LogP contribution in [-0.2, 0) is 4.79 Å². The highest BCUT2D eigenvalue weighted by Gasteiger charge is 2.02. The van der Waals surface area contributed by atoms with Crippen molar-refractivity contribution in [1.82, 2.24) is 10.2 Å². The molecule has 0 saturated carbocycles. The standard InChI is InChI=1S/C15H20N2O2/c1-13-8-4-5-9-14(13)19-12-15(18)16-10-6-7-11-17(2)3/h4-5,8-9H,10-12H2,1-3H3,(H,16,18). The summed E-state index contributed by atoms with van der Waals surface area (Å²) < 4.78 is 5.43. The number of benzene rings is 1. The zero-order chi connectivity index (χ0) is 14.1. The van der Waals surface area contributed by atoms with Gasteiger partial charge in [0, 0.05) is 0 Å². The van der Waals surface area contributed by atoms with Crippen molar-refractivity contribution >= 4 is 5.91 Å². The van der Waals surface area contributed by atoms with E-state index in [2.05, 4.69) is 17.2 Å². The smallest absolute Gasteiger partial charge is 0.258 e. The van der Waals surface area contributed by atoms with Gasteiger partial charge in [0.25, 0.3) is 5.91 Å². The Hall–Kier alpha value is -1.99. The largest absolute Gasteiger partial charge is 0.484 e. The zero-order valence-corrected chi connectivity index (χ0v) is 11.7. The molecule has 1 aromatic carbocycles. The summed E-state index contributed by atoms with van der Waals surface area (Å²) in [4.78, 5) is 13.5. The Morgan fingerprint density at radius 2 is 2.05 bits per heavy atom. The molecule has 0 radical (unpaired) electrons. The fourth-order valence-corrected chi connectivity index (χ4v) is 1.33. The lowest BCUT2D eigenvalue weighted by Crippen LogP contribution is -2.29. The van der Waals surface area contributed by atoms with Crippen LogP contribution < -0.4 is 10.1 Å². The zero-order valence-electron chi connectivity index (χ0n) is 11.7. The summed E-state index contributed by atoms with van der Waals surface area (Å²) in [6.07, 6.45) is 0. The molecular formula is C15H20N2O2. The Labute approximate surface area is 114 Å². The Morgan fingerprint density at radius 3 is 2.74 bits per heavy atom. The molecule has 0 heterocycles. The number of ether oxygens (including phenoxy) is 1. The van der Waals surface area contributed by atoms with E-state index in [-0.39, 0.29) is 12.5 Å². The quantitative estimate of drug-likeness (QED) is 0.805. The molecule has 0 aliphatic heterocycles. The van der Waals surface area contributed by atoms with Crippen LogP contribution in [0.15, 0.2) is 24.3 Å². The molecule has 0 aliphatic carbocycles. The highest BCUT2D eigenvalue weighted by Crippen LogP contribution is 2.15. The lowest BCUT2D eigenvalue weighted by atomic mass is 10.2. The Balaban J connectivity index is 2.25. The maximum atomic E-state index is 11.5. The highest BCUT2D eigenvalue weighted by atomic mass is 16.5. The number of hydrogen-bond donors (Lipinski definition) is 1. The molecule has 102 valence electrons. The van der Waals surface area contributed by atoms with Gasteiger partial charge in [0.05, 0.1) is 13.1 Å². The summed E-state index contributed by atoms with van der Waals surface area (Å²) in [5.74, 6) is 6.39. The monoisotopic (exact) mass is 260 g/mol. The molecule has 1 amide bonds. The van der Waals surface area contributed by atoms with E-state index in [1.807, 2.05) is 50.2 Å². The number of carbonyl (C=O) groups excluding carboxylic acids is 1. The summed E-state index contributed by atoms with van der Waals surface area (Å²) in [5, 5.41) is 2.69. The highest BCUT2D eigenvalue weighted by molar-refractivity contribution is 5.77. The molecule has 0 spiro atoms. The van der Waals surface area contributed by atoms with Crippen molar-refractivity contribution in [1.29, 1.82) is 0 Å². The molecule has 0 bridgehead atoms. The first-order valence-electron chi connectivity index (χ1n) is 6.15. The molecule has 0 unspecified atom stereocenters. The second-order valence-corrected chi connectivity index (χ2v) is 4.42. The van der Waals surface area contributed by atoms with E-state index < -0.39 is 0 Å². The lowest BCUT2D eigenvalue weighted by molar-refractivity contribution is -0.122.